The summed E-state index contributed by atoms with van der Waals surface area (Å²) in [6, 6.07) is 19.7. The van der Waals surface area contributed by atoms with Gasteiger partial charge in [-0.05, 0) is 33.1 Å². The van der Waals surface area contributed by atoms with Crippen molar-refractivity contribution in [2.75, 3.05) is 0 Å². The first-order valence-corrected chi connectivity index (χ1v) is 9.84. The van der Waals surface area contributed by atoms with E-state index in [0.29, 0.717) is 5.92 Å². The van der Waals surface area contributed by atoms with Gasteiger partial charge in [-0.15, -0.1) is 0 Å². The summed E-state index contributed by atoms with van der Waals surface area (Å²) < 4.78 is 5.70. The third-order valence-electron chi connectivity index (χ3n) is 4.84. The van der Waals surface area contributed by atoms with Gasteiger partial charge in [0, 0.05) is 11.1 Å². The quantitative estimate of drug-likeness (QED) is 0.507. The van der Waals surface area contributed by atoms with Crippen molar-refractivity contribution in [2.24, 2.45) is 10.9 Å². The third-order valence-corrected chi connectivity index (χ3v) is 4.84. The van der Waals surface area contributed by atoms with Crippen LogP contribution in [0.5, 0.6) is 0 Å². The Hall–Kier alpha value is -2.42. The summed E-state index contributed by atoms with van der Waals surface area (Å²) in [6.45, 7) is 5.72. The second-order valence-electron chi connectivity index (χ2n) is 8.29. The molecule has 0 heterocycles. The molecule has 0 bridgehead atoms. The summed E-state index contributed by atoms with van der Waals surface area (Å²) in [5.41, 5.74) is 2.38. The van der Waals surface area contributed by atoms with Gasteiger partial charge in [-0.3, -0.25) is 4.99 Å². The number of nitrogens with zero attached hydrogens (tertiary/aromatic N) is 1. The number of benzene rings is 2. The van der Waals surface area contributed by atoms with Gasteiger partial charge in [0.1, 0.15) is 11.6 Å². The highest BCUT2D eigenvalue weighted by molar-refractivity contribution is 6.13. The average Bonchev–Trinajstić information content (AvgIpc) is 2.60. The van der Waals surface area contributed by atoms with E-state index < -0.39 is 11.6 Å². The molecule has 0 radical (unpaired) electrons. The van der Waals surface area contributed by atoms with E-state index in [9.17, 15) is 4.79 Å². The van der Waals surface area contributed by atoms with Gasteiger partial charge in [0.05, 0.1) is 5.71 Å². The maximum absolute atomic E-state index is 12.9. The van der Waals surface area contributed by atoms with Gasteiger partial charge in [-0.2, -0.15) is 0 Å². The molecule has 1 aliphatic carbocycles. The second kappa shape index (κ2) is 8.51. The normalized spacial score (nSPS) is 15.5. The van der Waals surface area contributed by atoms with E-state index in [-0.39, 0.29) is 5.97 Å². The summed E-state index contributed by atoms with van der Waals surface area (Å²) in [6.07, 6.45) is 4.37. The van der Waals surface area contributed by atoms with Crippen molar-refractivity contribution in [3.05, 3.63) is 71.8 Å². The van der Waals surface area contributed by atoms with Gasteiger partial charge >= 0.3 is 5.97 Å². The SMILES string of the molecule is CC(C)(C)OC(=O)C(CC1CCC1)N=C(c1ccccc1)c1ccccc1. The first kappa shape index (κ1) is 19.3. The van der Waals surface area contributed by atoms with Gasteiger partial charge in [0.2, 0.25) is 0 Å². The number of rotatable bonds is 6. The summed E-state index contributed by atoms with van der Waals surface area (Å²) in [4.78, 5) is 17.9. The minimum Gasteiger partial charge on any atom is -0.458 e. The molecule has 142 valence electrons. The lowest BCUT2D eigenvalue weighted by atomic mass is 9.81. The van der Waals surface area contributed by atoms with Crippen LogP contribution < -0.4 is 0 Å². The molecule has 1 aliphatic rings. The molecule has 2 aromatic rings. The van der Waals surface area contributed by atoms with Crippen LogP contribution in [0.25, 0.3) is 0 Å². The van der Waals surface area contributed by atoms with E-state index in [2.05, 4.69) is 0 Å². The van der Waals surface area contributed by atoms with Crippen molar-refractivity contribution in [1.29, 1.82) is 0 Å². The lowest BCUT2D eigenvalue weighted by Gasteiger charge is -2.29. The average molecular weight is 364 g/mol. The molecule has 1 unspecified atom stereocenters. The minimum atomic E-state index is -0.510. The molecule has 1 saturated carbocycles. The monoisotopic (exact) mass is 363 g/mol. The van der Waals surface area contributed by atoms with Crippen LogP contribution in [0.2, 0.25) is 0 Å². The molecule has 1 fully saturated rings. The van der Waals surface area contributed by atoms with Crippen molar-refractivity contribution in [3.63, 3.8) is 0 Å². The smallest absolute Gasteiger partial charge is 0.331 e. The molecule has 0 aliphatic heterocycles. The fourth-order valence-corrected chi connectivity index (χ4v) is 3.28. The molecule has 0 saturated heterocycles. The van der Waals surface area contributed by atoms with Crippen molar-refractivity contribution in [2.45, 2.75) is 58.1 Å². The fraction of sp³-hybridized carbons (Fsp3) is 0.417. The molecule has 3 heteroatoms. The summed E-state index contributed by atoms with van der Waals surface area (Å²) in [5, 5.41) is 0. The van der Waals surface area contributed by atoms with Crippen LogP contribution in [0.4, 0.5) is 0 Å². The highest BCUT2D eigenvalue weighted by Gasteiger charge is 2.30. The largest absolute Gasteiger partial charge is 0.458 e. The third kappa shape index (κ3) is 5.53. The van der Waals surface area contributed by atoms with Crippen LogP contribution in [0.15, 0.2) is 65.7 Å². The number of ether oxygens (including phenoxy) is 1. The molecular formula is C24H29NO2. The van der Waals surface area contributed by atoms with E-state index in [1.165, 1.54) is 19.3 Å². The minimum absolute atomic E-state index is 0.223. The first-order chi connectivity index (χ1) is 12.9. The Bertz CT molecular complexity index is 730. The Kier molecular flexibility index (Phi) is 6.10. The number of carbonyl (C=O) groups is 1. The standard InChI is InChI=1S/C24H29NO2/c1-24(2,3)27-23(26)21(17-18-11-10-12-18)25-22(19-13-6-4-7-14-19)20-15-8-5-9-16-20/h4-9,13-16,18,21H,10-12,17H2,1-3H3. The van der Waals surface area contributed by atoms with E-state index in [1.54, 1.807) is 0 Å². The number of hydrogen-bond donors (Lipinski definition) is 0. The molecular weight excluding hydrogens is 334 g/mol. The number of carbonyl (C=O) groups excluding carboxylic acids is 1. The molecule has 3 rings (SSSR count). The van der Waals surface area contributed by atoms with E-state index in [4.69, 9.17) is 9.73 Å². The lowest BCUT2D eigenvalue weighted by Crippen LogP contribution is -2.34. The van der Waals surface area contributed by atoms with Crippen LogP contribution in [-0.2, 0) is 9.53 Å². The van der Waals surface area contributed by atoms with Crippen LogP contribution in [-0.4, -0.2) is 23.3 Å². The zero-order valence-corrected chi connectivity index (χ0v) is 16.5. The van der Waals surface area contributed by atoms with Crippen LogP contribution in [0.1, 0.15) is 57.6 Å². The second-order valence-corrected chi connectivity index (χ2v) is 8.29. The van der Waals surface area contributed by atoms with Crippen molar-refractivity contribution >= 4 is 11.7 Å². The summed E-state index contributed by atoms with van der Waals surface area (Å²) in [5.74, 6) is 0.345. The summed E-state index contributed by atoms with van der Waals surface area (Å²) >= 11 is 0. The van der Waals surface area contributed by atoms with Crippen molar-refractivity contribution in [3.8, 4) is 0 Å². The van der Waals surface area contributed by atoms with Gasteiger partial charge in [-0.25, -0.2) is 4.79 Å². The number of esters is 1. The predicted octanol–water partition coefficient (Wildman–Crippen LogP) is 5.42. The molecule has 0 amide bonds. The Morgan fingerprint density at radius 3 is 1.93 bits per heavy atom. The zero-order valence-electron chi connectivity index (χ0n) is 16.5. The van der Waals surface area contributed by atoms with Crippen molar-refractivity contribution in [1.82, 2.24) is 0 Å². The Labute approximate surface area is 162 Å². The molecule has 0 aromatic heterocycles. The first-order valence-electron chi connectivity index (χ1n) is 9.84. The Morgan fingerprint density at radius 1 is 1.00 bits per heavy atom. The Balaban J connectivity index is 1.97. The summed E-state index contributed by atoms with van der Waals surface area (Å²) in [7, 11) is 0. The maximum atomic E-state index is 12.9. The predicted molar refractivity (Wildman–Crippen MR) is 110 cm³/mol. The molecule has 0 N–H and O–H groups in total. The lowest BCUT2D eigenvalue weighted by molar-refractivity contribution is -0.157. The fourth-order valence-electron chi connectivity index (χ4n) is 3.28. The van der Waals surface area contributed by atoms with Crippen LogP contribution >= 0.6 is 0 Å². The molecule has 0 spiro atoms. The van der Waals surface area contributed by atoms with Crippen LogP contribution in [0, 0.1) is 5.92 Å². The van der Waals surface area contributed by atoms with E-state index in [0.717, 1.165) is 23.3 Å². The zero-order chi connectivity index (χ0) is 19.3. The van der Waals surface area contributed by atoms with Crippen molar-refractivity contribution < 1.29 is 9.53 Å². The maximum Gasteiger partial charge on any atom is 0.331 e. The van der Waals surface area contributed by atoms with Gasteiger partial charge in [0.25, 0.3) is 0 Å². The van der Waals surface area contributed by atoms with Gasteiger partial charge < -0.3 is 4.74 Å². The van der Waals surface area contributed by atoms with Crippen LogP contribution in [0.3, 0.4) is 0 Å². The van der Waals surface area contributed by atoms with Gasteiger partial charge in [0.15, 0.2) is 0 Å². The number of aliphatic imine (C=N–C) groups is 1. The highest BCUT2D eigenvalue weighted by atomic mass is 16.6. The molecule has 2 aromatic carbocycles. The van der Waals surface area contributed by atoms with E-state index in [1.807, 2.05) is 81.4 Å². The molecule has 3 nitrogen and oxygen atoms in total. The molecule has 1 atom stereocenters. The number of hydrogen-bond acceptors (Lipinski definition) is 3. The highest BCUT2D eigenvalue weighted by Crippen LogP contribution is 2.32. The van der Waals surface area contributed by atoms with Gasteiger partial charge in [-0.1, -0.05) is 79.9 Å². The van der Waals surface area contributed by atoms with E-state index >= 15 is 0 Å². The molecule has 27 heavy (non-hydrogen) atoms. The topological polar surface area (TPSA) is 38.7 Å². The Morgan fingerprint density at radius 2 is 1.52 bits per heavy atom.